The van der Waals surface area contributed by atoms with E-state index in [4.69, 9.17) is 14.2 Å². The lowest BCUT2D eigenvalue weighted by molar-refractivity contribution is 0.0680. The molecule has 1 aliphatic heterocycles. The summed E-state index contributed by atoms with van der Waals surface area (Å²) in [7, 11) is 0. The summed E-state index contributed by atoms with van der Waals surface area (Å²) < 4.78 is 17.1. The van der Waals surface area contributed by atoms with Crippen molar-refractivity contribution in [3.63, 3.8) is 0 Å². The number of hydrogen-bond donors (Lipinski definition) is 1. The molecule has 1 saturated heterocycles. The molecule has 0 spiro atoms. The number of anilines is 1. The number of ether oxygens (including phenoxy) is 3. The zero-order valence-electron chi connectivity index (χ0n) is 16.6. The summed E-state index contributed by atoms with van der Waals surface area (Å²) in [5.41, 5.74) is 1.26. The number of benzene rings is 2. The van der Waals surface area contributed by atoms with Gasteiger partial charge in [0.2, 0.25) is 0 Å². The number of carbonyl (C=O) groups is 1. The van der Waals surface area contributed by atoms with Crippen LogP contribution in [0.5, 0.6) is 11.5 Å². The molecule has 5 heteroatoms. The van der Waals surface area contributed by atoms with Crippen LogP contribution in [0.1, 0.15) is 43.5 Å². The molecule has 0 aromatic heterocycles. The van der Waals surface area contributed by atoms with Gasteiger partial charge in [-0.1, -0.05) is 26.0 Å². The Labute approximate surface area is 167 Å². The Kier molecular flexibility index (Phi) is 7.31. The van der Waals surface area contributed by atoms with Crippen molar-refractivity contribution < 1.29 is 19.0 Å². The van der Waals surface area contributed by atoms with E-state index in [1.807, 2.05) is 36.4 Å². The van der Waals surface area contributed by atoms with Crippen molar-refractivity contribution in [2.75, 3.05) is 25.1 Å². The number of nitrogens with one attached hydrogen (secondary N) is 1. The normalized spacial score (nSPS) is 16.2. The quantitative estimate of drug-likeness (QED) is 0.668. The number of carbonyl (C=O) groups excluding carboxylic acids is 1. The topological polar surface area (TPSA) is 56.8 Å². The van der Waals surface area contributed by atoms with Gasteiger partial charge in [-0.25, -0.2) is 0 Å². The Morgan fingerprint density at radius 3 is 2.68 bits per heavy atom. The molecular formula is C23H29NO4. The van der Waals surface area contributed by atoms with E-state index in [-0.39, 0.29) is 12.0 Å². The highest BCUT2D eigenvalue weighted by Crippen LogP contribution is 2.21. The first-order valence-electron chi connectivity index (χ1n) is 9.99. The van der Waals surface area contributed by atoms with E-state index in [9.17, 15) is 4.79 Å². The summed E-state index contributed by atoms with van der Waals surface area (Å²) in [4.78, 5) is 12.6. The molecule has 1 aliphatic rings. The Balaban J connectivity index is 1.55. The highest BCUT2D eigenvalue weighted by Gasteiger charge is 2.16. The molecule has 1 unspecified atom stereocenters. The molecule has 3 rings (SSSR count). The largest absolute Gasteiger partial charge is 0.494 e. The summed E-state index contributed by atoms with van der Waals surface area (Å²) in [5.74, 6) is 1.84. The second-order valence-corrected chi connectivity index (χ2v) is 7.49. The van der Waals surface area contributed by atoms with E-state index in [1.165, 1.54) is 0 Å². The molecule has 2 aromatic carbocycles. The Morgan fingerprint density at radius 1 is 1.14 bits per heavy atom. The summed E-state index contributed by atoms with van der Waals surface area (Å²) in [6.45, 7) is 6.31. The fourth-order valence-electron chi connectivity index (χ4n) is 2.97. The molecule has 1 fully saturated rings. The van der Waals surface area contributed by atoms with Gasteiger partial charge in [-0.05, 0) is 55.5 Å². The third-order valence-corrected chi connectivity index (χ3v) is 4.61. The fraction of sp³-hybridized carbons (Fsp3) is 0.435. The molecular weight excluding hydrogens is 354 g/mol. The second-order valence-electron chi connectivity index (χ2n) is 7.49. The minimum absolute atomic E-state index is 0.164. The molecule has 1 atom stereocenters. The molecule has 1 amide bonds. The van der Waals surface area contributed by atoms with Gasteiger partial charge in [0.15, 0.2) is 0 Å². The van der Waals surface area contributed by atoms with Crippen LogP contribution in [0.15, 0.2) is 48.5 Å². The Morgan fingerprint density at radius 2 is 1.93 bits per heavy atom. The highest BCUT2D eigenvalue weighted by atomic mass is 16.5. The van der Waals surface area contributed by atoms with Gasteiger partial charge in [-0.15, -0.1) is 0 Å². The van der Waals surface area contributed by atoms with Crippen LogP contribution in [0.3, 0.4) is 0 Å². The van der Waals surface area contributed by atoms with Crippen molar-refractivity contribution >= 4 is 11.6 Å². The van der Waals surface area contributed by atoms with Crippen molar-refractivity contribution in [3.05, 3.63) is 54.1 Å². The Bertz CT molecular complexity index is 769. The van der Waals surface area contributed by atoms with Crippen molar-refractivity contribution in [1.82, 2.24) is 0 Å². The van der Waals surface area contributed by atoms with Crippen LogP contribution < -0.4 is 14.8 Å². The smallest absolute Gasteiger partial charge is 0.255 e. The maximum atomic E-state index is 12.6. The average Bonchev–Trinajstić information content (AvgIpc) is 3.20. The highest BCUT2D eigenvalue weighted by molar-refractivity contribution is 6.04. The fourth-order valence-corrected chi connectivity index (χ4v) is 2.97. The van der Waals surface area contributed by atoms with Crippen LogP contribution in [0, 0.1) is 5.92 Å². The van der Waals surface area contributed by atoms with E-state index >= 15 is 0 Å². The molecule has 0 aliphatic carbocycles. The van der Waals surface area contributed by atoms with Gasteiger partial charge in [0.05, 0.1) is 12.7 Å². The van der Waals surface area contributed by atoms with E-state index in [0.29, 0.717) is 36.1 Å². The maximum Gasteiger partial charge on any atom is 0.255 e. The van der Waals surface area contributed by atoms with E-state index in [1.54, 1.807) is 12.1 Å². The second kappa shape index (κ2) is 10.1. The third-order valence-electron chi connectivity index (χ3n) is 4.61. The van der Waals surface area contributed by atoms with Gasteiger partial charge in [-0.3, -0.25) is 4.79 Å². The van der Waals surface area contributed by atoms with E-state index < -0.39 is 0 Å². The van der Waals surface area contributed by atoms with Gasteiger partial charge in [-0.2, -0.15) is 0 Å². The van der Waals surface area contributed by atoms with E-state index in [0.717, 1.165) is 31.6 Å². The van der Waals surface area contributed by atoms with Crippen LogP contribution in [-0.2, 0) is 4.74 Å². The lowest BCUT2D eigenvalue weighted by Crippen LogP contribution is -2.16. The van der Waals surface area contributed by atoms with Crippen LogP contribution in [0.2, 0.25) is 0 Å². The van der Waals surface area contributed by atoms with Crippen LogP contribution >= 0.6 is 0 Å². The zero-order chi connectivity index (χ0) is 19.8. The van der Waals surface area contributed by atoms with Crippen LogP contribution in [0.4, 0.5) is 5.69 Å². The van der Waals surface area contributed by atoms with Gasteiger partial charge in [0.25, 0.3) is 5.91 Å². The van der Waals surface area contributed by atoms with Gasteiger partial charge < -0.3 is 19.5 Å². The molecule has 150 valence electrons. The van der Waals surface area contributed by atoms with Gasteiger partial charge in [0.1, 0.15) is 18.1 Å². The third kappa shape index (κ3) is 6.27. The zero-order valence-corrected chi connectivity index (χ0v) is 16.6. The van der Waals surface area contributed by atoms with Crippen molar-refractivity contribution in [1.29, 1.82) is 0 Å². The predicted molar refractivity (Wildman–Crippen MR) is 110 cm³/mol. The minimum atomic E-state index is -0.175. The molecule has 1 N–H and O–H groups in total. The van der Waals surface area contributed by atoms with Crippen molar-refractivity contribution in [3.8, 4) is 11.5 Å². The van der Waals surface area contributed by atoms with Crippen LogP contribution in [0.25, 0.3) is 0 Å². The first-order chi connectivity index (χ1) is 13.6. The number of rotatable bonds is 9. The van der Waals surface area contributed by atoms with Crippen LogP contribution in [-0.4, -0.2) is 31.8 Å². The minimum Gasteiger partial charge on any atom is -0.494 e. The lowest BCUT2D eigenvalue weighted by Gasteiger charge is -2.13. The number of amides is 1. The van der Waals surface area contributed by atoms with Gasteiger partial charge in [0, 0.05) is 23.9 Å². The predicted octanol–water partition coefficient (Wildman–Crippen LogP) is 4.92. The monoisotopic (exact) mass is 383 g/mol. The van der Waals surface area contributed by atoms with Crippen molar-refractivity contribution in [2.45, 2.75) is 39.2 Å². The molecule has 1 heterocycles. The molecule has 0 radical (unpaired) electrons. The maximum absolute atomic E-state index is 12.6. The Hall–Kier alpha value is -2.53. The average molecular weight is 383 g/mol. The number of hydrogen-bond acceptors (Lipinski definition) is 4. The molecule has 5 nitrogen and oxygen atoms in total. The molecule has 28 heavy (non-hydrogen) atoms. The summed E-state index contributed by atoms with van der Waals surface area (Å²) >= 11 is 0. The summed E-state index contributed by atoms with van der Waals surface area (Å²) in [6.07, 6.45) is 3.27. The first-order valence-corrected chi connectivity index (χ1v) is 9.99. The summed E-state index contributed by atoms with van der Waals surface area (Å²) in [6, 6.07) is 14.7. The molecule has 0 saturated carbocycles. The SMILES string of the molecule is CC(C)CCOc1cccc(C(=O)Nc2cccc(OCC3CCCO3)c2)c1. The molecule has 2 aromatic rings. The van der Waals surface area contributed by atoms with E-state index in [2.05, 4.69) is 19.2 Å². The first kappa shape index (κ1) is 20.2. The standard InChI is InChI=1S/C23H29NO4/c1-17(2)11-13-27-20-8-3-6-18(14-20)23(25)24-19-7-4-9-21(15-19)28-16-22-10-5-12-26-22/h3-4,6-9,14-15,17,22H,5,10-13,16H2,1-2H3,(H,24,25). The molecule has 0 bridgehead atoms. The van der Waals surface area contributed by atoms with Crippen molar-refractivity contribution in [2.24, 2.45) is 5.92 Å². The van der Waals surface area contributed by atoms with Gasteiger partial charge >= 0.3 is 0 Å². The lowest BCUT2D eigenvalue weighted by atomic mass is 10.1. The summed E-state index contributed by atoms with van der Waals surface area (Å²) in [5, 5.41) is 2.92.